The molecule has 0 fully saturated rings. The van der Waals surface area contributed by atoms with Crippen LogP contribution in [0.5, 0.6) is 0 Å². The molecule has 0 radical (unpaired) electrons. The molecule has 5 nitrogen and oxygen atoms in total. The molecule has 1 aromatic heterocycles. The van der Waals surface area contributed by atoms with Crippen molar-refractivity contribution < 1.29 is 4.79 Å². The lowest BCUT2D eigenvalue weighted by Gasteiger charge is -2.21. The van der Waals surface area contributed by atoms with Crippen LogP contribution in [0, 0.1) is 0 Å². The molecule has 2 aromatic rings. The maximum absolute atomic E-state index is 12.7. The molecule has 0 unspecified atom stereocenters. The Balaban J connectivity index is 2.22. The topological polar surface area (TPSA) is 55.2 Å². The summed E-state index contributed by atoms with van der Waals surface area (Å²) in [5.41, 5.74) is 0.974. The smallest absolute Gasteiger partial charge is 0.274 e. The average molecular weight is 348 g/mol. The van der Waals surface area contributed by atoms with Crippen molar-refractivity contribution in [2.75, 3.05) is 6.54 Å². The van der Waals surface area contributed by atoms with Gasteiger partial charge in [0.25, 0.3) is 11.5 Å². The van der Waals surface area contributed by atoms with Crippen molar-refractivity contribution in [1.82, 2.24) is 14.7 Å². The second-order valence-electron chi connectivity index (χ2n) is 5.54. The third kappa shape index (κ3) is 4.45. The lowest BCUT2D eigenvalue weighted by Crippen LogP contribution is -2.33. The van der Waals surface area contributed by atoms with Crippen molar-refractivity contribution in [2.45, 2.75) is 39.8 Å². The van der Waals surface area contributed by atoms with E-state index < -0.39 is 0 Å². The highest BCUT2D eigenvalue weighted by atomic mass is 35.5. The largest absolute Gasteiger partial charge is 0.333 e. The van der Waals surface area contributed by atoms with E-state index >= 15 is 0 Å². The monoisotopic (exact) mass is 347 g/mol. The molecular weight excluding hydrogens is 326 g/mol. The molecule has 0 aliphatic rings. The Kier molecular flexibility index (Phi) is 6.55. The van der Waals surface area contributed by atoms with Crippen molar-refractivity contribution in [1.29, 1.82) is 0 Å². The SMILES string of the molecule is CCCCn1nc(C(=O)N(CC)Cc2ccccc2Cl)ccc1=O. The van der Waals surface area contributed by atoms with E-state index in [-0.39, 0.29) is 17.2 Å². The van der Waals surface area contributed by atoms with Crippen LogP contribution in [-0.2, 0) is 13.1 Å². The van der Waals surface area contributed by atoms with Crippen molar-refractivity contribution >= 4 is 17.5 Å². The Bertz CT molecular complexity index is 758. The molecule has 24 heavy (non-hydrogen) atoms. The number of amides is 1. The van der Waals surface area contributed by atoms with Crippen LogP contribution in [0.1, 0.15) is 42.7 Å². The van der Waals surface area contributed by atoms with Crippen molar-refractivity contribution in [2.24, 2.45) is 0 Å². The van der Waals surface area contributed by atoms with E-state index in [9.17, 15) is 9.59 Å². The molecule has 1 heterocycles. The van der Waals surface area contributed by atoms with Gasteiger partial charge in [0.05, 0.1) is 0 Å². The number of carbonyl (C=O) groups excluding carboxylic acids is 1. The molecule has 1 aromatic carbocycles. The number of aromatic nitrogens is 2. The molecule has 128 valence electrons. The van der Waals surface area contributed by atoms with E-state index in [1.807, 2.05) is 32.0 Å². The number of benzene rings is 1. The molecule has 0 bridgehead atoms. The summed E-state index contributed by atoms with van der Waals surface area (Å²) in [6.07, 6.45) is 1.81. The zero-order valence-electron chi connectivity index (χ0n) is 14.0. The van der Waals surface area contributed by atoms with Gasteiger partial charge in [-0.2, -0.15) is 5.10 Å². The van der Waals surface area contributed by atoms with E-state index in [2.05, 4.69) is 5.10 Å². The highest BCUT2D eigenvalue weighted by Crippen LogP contribution is 2.17. The number of aryl methyl sites for hydroxylation is 1. The van der Waals surface area contributed by atoms with E-state index in [4.69, 9.17) is 11.6 Å². The third-order valence-corrected chi connectivity index (χ3v) is 4.17. The normalized spacial score (nSPS) is 10.6. The lowest BCUT2D eigenvalue weighted by molar-refractivity contribution is 0.0743. The third-order valence-electron chi connectivity index (χ3n) is 3.80. The standard InChI is InChI=1S/C18H22ClN3O2/c1-3-5-12-22-17(23)11-10-16(20-22)18(24)21(4-2)13-14-8-6-7-9-15(14)19/h6-11H,3-5,12-13H2,1-2H3. The Morgan fingerprint density at radius 1 is 1.21 bits per heavy atom. The summed E-state index contributed by atoms with van der Waals surface area (Å²) in [4.78, 5) is 26.2. The first kappa shape index (κ1) is 18.2. The summed E-state index contributed by atoms with van der Waals surface area (Å²) >= 11 is 6.18. The number of unbranched alkanes of at least 4 members (excludes halogenated alkanes) is 1. The first-order chi connectivity index (χ1) is 11.6. The quantitative estimate of drug-likeness (QED) is 0.771. The summed E-state index contributed by atoms with van der Waals surface area (Å²) in [5.74, 6) is -0.206. The molecule has 1 amide bonds. The summed E-state index contributed by atoms with van der Waals surface area (Å²) in [7, 11) is 0. The van der Waals surface area contributed by atoms with Crippen LogP contribution >= 0.6 is 11.6 Å². The van der Waals surface area contributed by atoms with Crippen LogP contribution in [0.3, 0.4) is 0 Å². The highest BCUT2D eigenvalue weighted by Gasteiger charge is 2.18. The van der Waals surface area contributed by atoms with E-state index in [1.54, 1.807) is 11.0 Å². The van der Waals surface area contributed by atoms with Gasteiger partial charge in [0, 0.05) is 30.7 Å². The molecule has 0 saturated heterocycles. The van der Waals surface area contributed by atoms with E-state index in [0.29, 0.717) is 24.7 Å². The number of nitrogens with zero attached hydrogens (tertiary/aromatic N) is 3. The van der Waals surface area contributed by atoms with Crippen LogP contribution in [0.15, 0.2) is 41.2 Å². The van der Waals surface area contributed by atoms with Gasteiger partial charge >= 0.3 is 0 Å². The highest BCUT2D eigenvalue weighted by molar-refractivity contribution is 6.31. The summed E-state index contributed by atoms with van der Waals surface area (Å²) in [5, 5.41) is 4.85. The Hall–Kier alpha value is -2.14. The second kappa shape index (κ2) is 8.64. The molecule has 0 saturated carbocycles. The minimum atomic E-state index is -0.206. The zero-order chi connectivity index (χ0) is 17.5. The predicted octanol–water partition coefficient (Wildman–Crippen LogP) is 3.36. The molecule has 0 atom stereocenters. The summed E-state index contributed by atoms with van der Waals surface area (Å²) in [6.45, 7) is 5.40. The number of hydrogen-bond donors (Lipinski definition) is 0. The van der Waals surface area contributed by atoms with Crippen LogP contribution in [0.25, 0.3) is 0 Å². The van der Waals surface area contributed by atoms with Gasteiger partial charge in [-0.25, -0.2) is 4.68 Å². The first-order valence-corrected chi connectivity index (χ1v) is 8.55. The molecule has 0 N–H and O–H groups in total. The van der Waals surface area contributed by atoms with E-state index in [0.717, 1.165) is 18.4 Å². The van der Waals surface area contributed by atoms with Gasteiger partial charge in [-0.1, -0.05) is 43.1 Å². The number of rotatable bonds is 7. The lowest BCUT2D eigenvalue weighted by atomic mass is 10.2. The summed E-state index contributed by atoms with van der Waals surface area (Å²) < 4.78 is 1.36. The van der Waals surface area contributed by atoms with Crippen LogP contribution < -0.4 is 5.56 Å². The fraction of sp³-hybridized carbons (Fsp3) is 0.389. The van der Waals surface area contributed by atoms with Gasteiger partial charge in [-0.3, -0.25) is 9.59 Å². The molecule has 0 aliphatic carbocycles. The van der Waals surface area contributed by atoms with Gasteiger partial charge in [0.2, 0.25) is 0 Å². The van der Waals surface area contributed by atoms with Crippen molar-refractivity contribution in [3.05, 3.63) is 63.0 Å². The van der Waals surface area contributed by atoms with Crippen LogP contribution in [0.2, 0.25) is 5.02 Å². The van der Waals surface area contributed by atoms with Crippen LogP contribution in [-0.4, -0.2) is 27.1 Å². The molecular formula is C18H22ClN3O2. The van der Waals surface area contributed by atoms with Gasteiger partial charge in [0.1, 0.15) is 5.69 Å². The number of carbonyl (C=O) groups is 1. The molecule has 6 heteroatoms. The predicted molar refractivity (Wildman–Crippen MR) is 95.3 cm³/mol. The second-order valence-corrected chi connectivity index (χ2v) is 5.95. The Labute approximate surface area is 146 Å². The van der Waals surface area contributed by atoms with Crippen LogP contribution in [0.4, 0.5) is 0 Å². The van der Waals surface area contributed by atoms with Crippen molar-refractivity contribution in [3.8, 4) is 0 Å². The summed E-state index contributed by atoms with van der Waals surface area (Å²) in [6, 6.07) is 10.3. The fourth-order valence-electron chi connectivity index (χ4n) is 2.35. The van der Waals surface area contributed by atoms with Gasteiger partial charge in [-0.15, -0.1) is 0 Å². The minimum absolute atomic E-state index is 0.186. The maximum atomic E-state index is 12.7. The van der Waals surface area contributed by atoms with Gasteiger partial charge in [-0.05, 0) is 31.0 Å². The van der Waals surface area contributed by atoms with Gasteiger partial charge in [0.15, 0.2) is 0 Å². The number of halogens is 1. The molecule has 2 rings (SSSR count). The van der Waals surface area contributed by atoms with Gasteiger partial charge < -0.3 is 4.90 Å². The maximum Gasteiger partial charge on any atom is 0.274 e. The molecule has 0 aliphatic heterocycles. The Morgan fingerprint density at radius 2 is 1.96 bits per heavy atom. The molecule has 0 spiro atoms. The fourth-order valence-corrected chi connectivity index (χ4v) is 2.55. The number of hydrogen-bond acceptors (Lipinski definition) is 3. The Morgan fingerprint density at radius 3 is 2.62 bits per heavy atom. The first-order valence-electron chi connectivity index (χ1n) is 8.17. The average Bonchev–Trinajstić information content (AvgIpc) is 2.60. The minimum Gasteiger partial charge on any atom is -0.333 e. The van der Waals surface area contributed by atoms with E-state index in [1.165, 1.54) is 16.8 Å². The zero-order valence-corrected chi connectivity index (χ0v) is 14.8. The van der Waals surface area contributed by atoms with Crippen molar-refractivity contribution in [3.63, 3.8) is 0 Å².